The van der Waals surface area contributed by atoms with Crippen molar-refractivity contribution in [2.75, 3.05) is 0 Å². The van der Waals surface area contributed by atoms with Crippen LogP contribution >= 0.6 is 0 Å². The highest BCUT2D eigenvalue weighted by Crippen LogP contribution is 2.36. The van der Waals surface area contributed by atoms with Gasteiger partial charge in [-0.3, -0.25) is 0 Å². The molecule has 88 valence electrons. The molecule has 2 fully saturated rings. The summed E-state index contributed by atoms with van der Waals surface area (Å²) in [4.78, 5) is 0. The number of hydrogen-bond acceptors (Lipinski definition) is 3. The maximum atomic E-state index is 5.98. The van der Waals surface area contributed by atoms with Crippen molar-refractivity contribution in [2.24, 2.45) is 5.73 Å². The summed E-state index contributed by atoms with van der Waals surface area (Å²) in [5.41, 5.74) is 5.98. The zero-order valence-electron chi connectivity index (χ0n) is 9.68. The largest absolute Gasteiger partial charge is 0.328 e. The van der Waals surface area contributed by atoms with Crippen LogP contribution in [0.1, 0.15) is 62.7 Å². The Balaban J connectivity index is 1.81. The van der Waals surface area contributed by atoms with Crippen LogP contribution < -0.4 is 5.73 Å². The average molecular weight is 220 g/mol. The minimum absolute atomic E-state index is 0.374. The van der Waals surface area contributed by atoms with Gasteiger partial charge in [-0.25, -0.2) is 0 Å². The first kappa shape index (κ1) is 10.3. The van der Waals surface area contributed by atoms with Gasteiger partial charge in [0, 0.05) is 18.0 Å². The molecule has 3 rings (SSSR count). The molecule has 0 aliphatic heterocycles. The van der Waals surface area contributed by atoms with E-state index in [4.69, 9.17) is 5.73 Å². The van der Waals surface area contributed by atoms with E-state index in [2.05, 4.69) is 14.8 Å². The van der Waals surface area contributed by atoms with Crippen molar-refractivity contribution in [1.29, 1.82) is 0 Å². The summed E-state index contributed by atoms with van der Waals surface area (Å²) in [6.07, 6.45) is 10.6. The first-order valence-electron chi connectivity index (χ1n) is 6.49. The molecule has 0 spiro atoms. The van der Waals surface area contributed by atoms with Crippen LogP contribution in [-0.4, -0.2) is 20.8 Å². The lowest BCUT2D eigenvalue weighted by Gasteiger charge is -2.17. The third-order valence-corrected chi connectivity index (χ3v) is 4.16. The molecule has 0 saturated heterocycles. The van der Waals surface area contributed by atoms with Gasteiger partial charge in [0.1, 0.15) is 12.2 Å². The fourth-order valence-corrected chi connectivity index (χ4v) is 3.26. The molecule has 0 bridgehead atoms. The summed E-state index contributed by atoms with van der Waals surface area (Å²) in [6, 6.07) is 1.03. The number of aromatic nitrogens is 3. The Kier molecular flexibility index (Phi) is 2.67. The third kappa shape index (κ3) is 1.75. The second-order valence-electron chi connectivity index (χ2n) is 5.30. The van der Waals surface area contributed by atoms with Crippen LogP contribution in [0, 0.1) is 0 Å². The van der Waals surface area contributed by atoms with Crippen LogP contribution in [0.2, 0.25) is 0 Å². The van der Waals surface area contributed by atoms with Crippen molar-refractivity contribution in [2.45, 2.75) is 62.9 Å². The van der Waals surface area contributed by atoms with E-state index in [1.54, 1.807) is 0 Å². The summed E-state index contributed by atoms with van der Waals surface area (Å²) in [5.74, 6) is 1.75. The Morgan fingerprint density at radius 2 is 2.00 bits per heavy atom. The van der Waals surface area contributed by atoms with Crippen molar-refractivity contribution in [3.05, 3.63) is 12.2 Å². The van der Waals surface area contributed by atoms with Crippen LogP contribution in [0.25, 0.3) is 0 Å². The second-order valence-corrected chi connectivity index (χ2v) is 5.30. The Morgan fingerprint density at radius 3 is 2.69 bits per heavy atom. The Bertz CT molecular complexity index is 354. The predicted molar refractivity (Wildman–Crippen MR) is 62.1 cm³/mol. The van der Waals surface area contributed by atoms with Crippen molar-refractivity contribution < 1.29 is 0 Å². The molecule has 2 aliphatic rings. The standard InChI is InChI=1S/C12H20N4/c13-10-6-5-9(7-10)12-15-14-8-16(12)11-3-1-2-4-11/h8-11H,1-7,13H2. The van der Waals surface area contributed by atoms with E-state index in [-0.39, 0.29) is 0 Å². The number of nitrogens with two attached hydrogens (primary N) is 1. The van der Waals surface area contributed by atoms with Gasteiger partial charge in [-0.05, 0) is 32.1 Å². The predicted octanol–water partition coefficient (Wildman–Crippen LogP) is 1.99. The van der Waals surface area contributed by atoms with Crippen LogP contribution in [0.15, 0.2) is 6.33 Å². The molecule has 1 aromatic rings. The fourth-order valence-electron chi connectivity index (χ4n) is 3.26. The first-order chi connectivity index (χ1) is 7.84. The van der Waals surface area contributed by atoms with Crippen LogP contribution in [0.5, 0.6) is 0 Å². The van der Waals surface area contributed by atoms with Gasteiger partial charge in [-0.2, -0.15) is 0 Å². The molecular formula is C12H20N4. The van der Waals surface area contributed by atoms with E-state index in [1.807, 2.05) is 6.33 Å². The van der Waals surface area contributed by atoms with Crippen molar-refractivity contribution >= 4 is 0 Å². The van der Waals surface area contributed by atoms with Gasteiger partial charge in [0.25, 0.3) is 0 Å². The molecule has 4 nitrogen and oxygen atoms in total. The zero-order valence-corrected chi connectivity index (χ0v) is 9.68. The zero-order chi connectivity index (χ0) is 11.0. The highest BCUT2D eigenvalue weighted by Gasteiger charge is 2.29. The lowest BCUT2D eigenvalue weighted by molar-refractivity contribution is 0.473. The SMILES string of the molecule is NC1CCC(c2nncn2C2CCCC2)C1. The van der Waals surface area contributed by atoms with Gasteiger partial charge >= 0.3 is 0 Å². The van der Waals surface area contributed by atoms with E-state index in [0.29, 0.717) is 18.0 Å². The monoisotopic (exact) mass is 220 g/mol. The molecule has 2 atom stereocenters. The lowest BCUT2D eigenvalue weighted by atomic mass is 10.1. The molecule has 1 aromatic heterocycles. The maximum absolute atomic E-state index is 5.98. The molecule has 2 unspecified atom stereocenters. The summed E-state index contributed by atoms with van der Waals surface area (Å²) >= 11 is 0. The Morgan fingerprint density at radius 1 is 1.19 bits per heavy atom. The van der Waals surface area contributed by atoms with Gasteiger partial charge in [-0.1, -0.05) is 12.8 Å². The average Bonchev–Trinajstić information content (AvgIpc) is 2.96. The quantitative estimate of drug-likeness (QED) is 0.829. The van der Waals surface area contributed by atoms with E-state index in [1.165, 1.54) is 37.9 Å². The normalized spacial score (nSPS) is 31.3. The van der Waals surface area contributed by atoms with Crippen LogP contribution in [0.4, 0.5) is 0 Å². The maximum Gasteiger partial charge on any atom is 0.136 e. The molecule has 4 heteroatoms. The minimum Gasteiger partial charge on any atom is -0.328 e. The summed E-state index contributed by atoms with van der Waals surface area (Å²) in [5, 5.41) is 8.44. The summed E-state index contributed by atoms with van der Waals surface area (Å²) in [6.45, 7) is 0. The molecule has 2 saturated carbocycles. The van der Waals surface area contributed by atoms with Crippen molar-refractivity contribution in [3.8, 4) is 0 Å². The highest BCUT2D eigenvalue weighted by molar-refractivity contribution is 5.03. The molecule has 16 heavy (non-hydrogen) atoms. The van der Waals surface area contributed by atoms with Gasteiger partial charge in [0.15, 0.2) is 0 Å². The lowest BCUT2D eigenvalue weighted by Crippen LogP contribution is -2.16. The van der Waals surface area contributed by atoms with E-state index < -0.39 is 0 Å². The topological polar surface area (TPSA) is 56.7 Å². The molecule has 2 aliphatic carbocycles. The van der Waals surface area contributed by atoms with Crippen molar-refractivity contribution in [3.63, 3.8) is 0 Å². The van der Waals surface area contributed by atoms with Gasteiger partial charge in [0.05, 0.1) is 0 Å². The Hall–Kier alpha value is -0.900. The fraction of sp³-hybridized carbons (Fsp3) is 0.833. The number of nitrogens with zero attached hydrogens (tertiary/aromatic N) is 3. The minimum atomic E-state index is 0.374. The summed E-state index contributed by atoms with van der Waals surface area (Å²) < 4.78 is 2.33. The smallest absolute Gasteiger partial charge is 0.136 e. The third-order valence-electron chi connectivity index (χ3n) is 4.16. The molecular weight excluding hydrogens is 200 g/mol. The molecule has 0 radical (unpaired) electrons. The van der Waals surface area contributed by atoms with Crippen LogP contribution in [0.3, 0.4) is 0 Å². The number of hydrogen-bond donors (Lipinski definition) is 1. The summed E-state index contributed by atoms with van der Waals surface area (Å²) in [7, 11) is 0. The number of rotatable bonds is 2. The van der Waals surface area contributed by atoms with Gasteiger partial charge < -0.3 is 10.3 Å². The van der Waals surface area contributed by atoms with E-state index in [9.17, 15) is 0 Å². The van der Waals surface area contributed by atoms with Gasteiger partial charge in [0.2, 0.25) is 0 Å². The molecule has 1 heterocycles. The van der Waals surface area contributed by atoms with E-state index in [0.717, 1.165) is 12.8 Å². The van der Waals surface area contributed by atoms with Crippen LogP contribution in [-0.2, 0) is 0 Å². The molecule has 2 N–H and O–H groups in total. The van der Waals surface area contributed by atoms with Gasteiger partial charge in [-0.15, -0.1) is 10.2 Å². The first-order valence-corrected chi connectivity index (χ1v) is 6.49. The molecule has 0 aromatic carbocycles. The van der Waals surface area contributed by atoms with E-state index >= 15 is 0 Å². The Labute approximate surface area is 96.2 Å². The highest BCUT2D eigenvalue weighted by atomic mass is 15.3. The molecule has 0 amide bonds. The second kappa shape index (κ2) is 4.17. The van der Waals surface area contributed by atoms with Crippen molar-refractivity contribution in [1.82, 2.24) is 14.8 Å².